The number of nitrogens with one attached hydrogen (secondary N) is 1. The molecule has 0 spiro atoms. The summed E-state index contributed by atoms with van der Waals surface area (Å²) < 4.78 is 28.8. The van der Waals surface area contributed by atoms with E-state index >= 15 is 0 Å². The van der Waals surface area contributed by atoms with Gasteiger partial charge in [-0.2, -0.15) is 0 Å². The van der Waals surface area contributed by atoms with E-state index in [-0.39, 0.29) is 23.3 Å². The Labute approximate surface area is 134 Å². The van der Waals surface area contributed by atoms with Crippen molar-refractivity contribution in [3.05, 3.63) is 28.8 Å². The topological polar surface area (TPSA) is 72.5 Å². The molecule has 0 radical (unpaired) electrons. The lowest BCUT2D eigenvalue weighted by atomic mass is 9.94. The van der Waals surface area contributed by atoms with Crippen LogP contribution in [0.15, 0.2) is 18.2 Å². The van der Waals surface area contributed by atoms with Gasteiger partial charge in [0.05, 0.1) is 23.0 Å². The van der Waals surface area contributed by atoms with Gasteiger partial charge in [0.2, 0.25) is 5.91 Å². The summed E-state index contributed by atoms with van der Waals surface area (Å²) in [5.41, 5.74) is 0.230. The minimum absolute atomic E-state index is 0.00172. The number of hydrogen-bond donors (Lipinski definition) is 1. The van der Waals surface area contributed by atoms with E-state index in [1.54, 1.807) is 25.1 Å². The summed E-state index contributed by atoms with van der Waals surface area (Å²) in [4.78, 5) is 12.4. The largest absolute Gasteiger partial charge is 0.492 e. The van der Waals surface area contributed by atoms with Crippen LogP contribution in [-0.2, 0) is 21.1 Å². The number of carbonyl (C=O) groups excluding carboxylic acids is 1. The van der Waals surface area contributed by atoms with Crippen molar-refractivity contribution in [1.29, 1.82) is 0 Å². The molecule has 2 unspecified atom stereocenters. The molecule has 0 bridgehead atoms. The highest BCUT2D eigenvalue weighted by Crippen LogP contribution is 2.30. The van der Waals surface area contributed by atoms with Crippen molar-refractivity contribution >= 4 is 27.3 Å². The Kier molecular flexibility index (Phi) is 3.85. The average Bonchev–Trinajstić information content (AvgIpc) is 2.71. The number of rotatable bonds is 2. The van der Waals surface area contributed by atoms with Crippen LogP contribution in [0, 0.1) is 5.92 Å². The lowest BCUT2D eigenvalue weighted by Crippen LogP contribution is -2.50. The van der Waals surface area contributed by atoms with Gasteiger partial charge in [0.15, 0.2) is 9.84 Å². The summed E-state index contributed by atoms with van der Waals surface area (Å²) in [6, 6.07) is 5.36. The molecule has 2 aliphatic heterocycles. The third-order valence-corrected chi connectivity index (χ3v) is 6.37. The zero-order valence-corrected chi connectivity index (χ0v) is 13.8. The maximum Gasteiger partial charge on any atom is 0.227 e. The highest BCUT2D eigenvalue weighted by atomic mass is 35.5. The normalized spacial score (nSPS) is 29.5. The molecule has 1 aromatic carbocycles. The Balaban J connectivity index is 1.69. The van der Waals surface area contributed by atoms with Crippen LogP contribution >= 0.6 is 11.6 Å². The molecule has 2 heterocycles. The van der Waals surface area contributed by atoms with Crippen molar-refractivity contribution in [2.75, 3.05) is 18.1 Å². The fourth-order valence-corrected chi connectivity index (χ4v) is 5.33. The number of ether oxygens (including phenoxy) is 1. The third kappa shape index (κ3) is 3.22. The zero-order valence-electron chi connectivity index (χ0n) is 12.3. The van der Waals surface area contributed by atoms with E-state index in [0.717, 1.165) is 11.3 Å². The minimum Gasteiger partial charge on any atom is -0.492 e. The Bertz CT molecular complexity index is 718. The Morgan fingerprint density at radius 1 is 1.45 bits per heavy atom. The first-order valence-corrected chi connectivity index (χ1v) is 9.40. The fourth-order valence-electron chi connectivity index (χ4n) is 3.04. The van der Waals surface area contributed by atoms with Crippen LogP contribution in [0.4, 0.5) is 0 Å². The number of sulfone groups is 1. The van der Waals surface area contributed by atoms with Crippen molar-refractivity contribution in [2.24, 2.45) is 5.92 Å². The highest BCUT2D eigenvalue weighted by Gasteiger charge is 2.41. The highest BCUT2D eigenvalue weighted by molar-refractivity contribution is 7.91. The van der Waals surface area contributed by atoms with Crippen molar-refractivity contribution in [3.8, 4) is 5.75 Å². The van der Waals surface area contributed by atoms with E-state index in [0.29, 0.717) is 24.5 Å². The van der Waals surface area contributed by atoms with Gasteiger partial charge in [0.25, 0.3) is 0 Å². The third-order valence-electron chi connectivity index (χ3n) is 4.23. The van der Waals surface area contributed by atoms with Gasteiger partial charge in [0.1, 0.15) is 12.4 Å². The van der Waals surface area contributed by atoms with Crippen molar-refractivity contribution in [3.63, 3.8) is 0 Å². The first kappa shape index (κ1) is 15.6. The number of benzene rings is 1. The molecule has 1 amide bonds. The standard InChI is InChI=1S/C15H18ClNO4S/c1-15(4-5-22(19,20)9-15)17-14(18)11-6-10-7-12(16)2-3-13(10)21-8-11/h2-3,7,11H,4-6,8-9H2,1H3,(H,17,18). The molecule has 0 saturated carbocycles. The van der Waals surface area contributed by atoms with E-state index in [4.69, 9.17) is 16.3 Å². The molecule has 1 aromatic rings. The predicted octanol–water partition coefficient (Wildman–Crippen LogP) is 1.58. The molecule has 7 heteroatoms. The molecular weight excluding hydrogens is 326 g/mol. The van der Waals surface area contributed by atoms with Crippen LogP contribution in [0.1, 0.15) is 18.9 Å². The fraction of sp³-hybridized carbons (Fsp3) is 0.533. The second kappa shape index (κ2) is 5.42. The van der Waals surface area contributed by atoms with Gasteiger partial charge in [0, 0.05) is 5.02 Å². The molecule has 5 nitrogen and oxygen atoms in total. The lowest BCUT2D eigenvalue weighted by molar-refractivity contribution is -0.127. The van der Waals surface area contributed by atoms with Crippen LogP contribution in [0.5, 0.6) is 5.75 Å². The Morgan fingerprint density at radius 2 is 2.23 bits per heavy atom. The molecule has 0 aliphatic carbocycles. The summed E-state index contributed by atoms with van der Waals surface area (Å²) in [5, 5.41) is 3.50. The predicted molar refractivity (Wildman–Crippen MR) is 84.0 cm³/mol. The van der Waals surface area contributed by atoms with Gasteiger partial charge in [-0.1, -0.05) is 11.6 Å². The number of fused-ring (bicyclic) bond motifs is 1. The van der Waals surface area contributed by atoms with Gasteiger partial charge >= 0.3 is 0 Å². The van der Waals surface area contributed by atoms with Crippen LogP contribution < -0.4 is 10.1 Å². The van der Waals surface area contributed by atoms with Crippen LogP contribution in [0.25, 0.3) is 0 Å². The van der Waals surface area contributed by atoms with Crippen molar-refractivity contribution in [2.45, 2.75) is 25.3 Å². The molecule has 2 atom stereocenters. The van der Waals surface area contributed by atoms with E-state index in [1.165, 1.54) is 0 Å². The summed E-state index contributed by atoms with van der Waals surface area (Å²) in [6.07, 6.45) is 1.00. The monoisotopic (exact) mass is 343 g/mol. The molecule has 3 rings (SSSR count). The maximum absolute atomic E-state index is 12.4. The van der Waals surface area contributed by atoms with E-state index < -0.39 is 15.4 Å². The molecule has 120 valence electrons. The quantitative estimate of drug-likeness (QED) is 0.885. The van der Waals surface area contributed by atoms with Gasteiger partial charge in [-0.05, 0) is 43.5 Å². The first-order valence-electron chi connectivity index (χ1n) is 7.20. The number of halogens is 1. The smallest absolute Gasteiger partial charge is 0.227 e. The van der Waals surface area contributed by atoms with Gasteiger partial charge in [-0.25, -0.2) is 8.42 Å². The summed E-state index contributed by atoms with van der Waals surface area (Å²) >= 11 is 5.97. The van der Waals surface area contributed by atoms with E-state index in [1.807, 2.05) is 0 Å². The second-order valence-corrected chi connectivity index (χ2v) is 8.98. The average molecular weight is 344 g/mol. The Morgan fingerprint density at radius 3 is 2.91 bits per heavy atom. The SMILES string of the molecule is CC1(NC(=O)C2COc3ccc(Cl)cc3C2)CCS(=O)(=O)C1. The van der Waals surface area contributed by atoms with Crippen molar-refractivity contribution in [1.82, 2.24) is 5.32 Å². The van der Waals surface area contributed by atoms with Crippen LogP contribution in [0.3, 0.4) is 0 Å². The lowest BCUT2D eigenvalue weighted by Gasteiger charge is -2.29. The number of hydrogen-bond acceptors (Lipinski definition) is 4. The zero-order chi connectivity index (χ0) is 16.0. The summed E-state index contributed by atoms with van der Waals surface area (Å²) in [6.45, 7) is 2.08. The molecule has 1 saturated heterocycles. The van der Waals surface area contributed by atoms with Crippen LogP contribution in [0.2, 0.25) is 5.02 Å². The molecular formula is C15H18ClNO4S. The summed E-state index contributed by atoms with van der Waals surface area (Å²) in [7, 11) is -3.05. The maximum atomic E-state index is 12.4. The van der Waals surface area contributed by atoms with Crippen LogP contribution in [-0.4, -0.2) is 38.0 Å². The minimum atomic E-state index is -3.05. The molecule has 2 aliphatic rings. The first-order chi connectivity index (χ1) is 10.3. The molecule has 1 fully saturated rings. The van der Waals surface area contributed by atoms with E-state index in [2.05, 4.69) is 5.32 Å². The molecule has 22 heavy (non-hydrogen) atoms. The number of carbonyl (C=O) groups is 1. The van der Waals surface area contributed by atoms with Crippen molar-refractivity contribution < 1.29 is 17.9 Å². The molecule has 0 aromatic heterocycles. The van der Waals surface area contributed by atoms with Gasteiger partial charge in [-0.15, -0.1) is 0 Å². The summed E-state index contributed by atoms with van der Waals surface area (Å²) in [5.74, 6) is 0.393. The van der Waals surface area contributed by atoms with Gasteiger partial charge in [-0.3, -0.25) is 4.79 Å². The second-order valence-electron chi connectivity index (χ2n) is 6.36. The van der Waals surface area contributed by atoms with Gasteiger partial charge < -0.3 is 10.1 Å². The van der Waals surface area contributed by atoms with E-state index in [9.17, 15) is 13.2 Å². The Hall–Kier alpha value is -1.27. The molecule has 1 N–H and O–H groups in total. The number of amides is 1.